The second-order valence-electron chi connectivity index (χ2n) is 2.83. The average molecular weight is 861 g/mol. The topological polar surface area (TPSA) is 494 Å². The van der Waals surface area contributed by atoms with Crippen molar-refractivity contribution in [2.24, 2.45) is 0 Å². The molecule has 0 saturated carbocycles. The van der Waals surface area contributed by atoms with E-state index in [0.717, 1.165) is 6.92 Å². The molecule has 24 nitrogen and oxygen atoms in total. The van der Waals surface area contributed by atoms with Crippen LogP contribution >= 0.6 is 23.5 Å². The standard InChI is InChI=1S/C2H4O2.2CH2O3.3Ca.2Na.3H3O4P.H2O4S.2Zn/c1-2(3)4;2*2-1(3)4;;;;;;4*1-5(2,3)4;;/h1H3,(H,3,4);2*(H2,2,3,4);;;;;;3*(H3,1,2,3,4);(H2,1,2,3,4);;/q;;;3*+2;2*+1;;;;;2*+2/p-12. The molecule has 0 spiro atoms. The van der Waals surface area contributed by atoms with Gasteiger partial charge in [-0.1, -0.05) is 0 Å². The van der Waals surface area contributed by atoms with E-state index >= 15 is 0 Å². The molecule has 0 amide bonds. The van der Waals surface area contributed by atoms with E-state index in [1.807, 2.05) is 0 Å². The first-order valence-electron chi connectivity index (χ1n) is 5.06. The monoisotopic (exact) mass is 858 g/mol. The van der Waals surface area contributed by atoms with Crippen molar-refractivity contribution < 1.29 is 213 Å². The van der Waals surface area contributed by atoms with E-state index < -0.39 is 52.1 Å². The number of carboxylic acid groups (broad SMARTS) is 5. The second kappa shape index (κ2) is 52.8. The van der Waals surface area contributed by atoms with Gasteiger partial charge in [-0.05, 0) is 12.3 Å². The van der Waals surface area contributed by atoms with Crippen LogP contribution in [0.3, 0.4) is 0 Å². The van der Waals surface area contributed by atoms with Gasteiger partial charge in [0.2, 0.25) is 0 Å². The largest absolute Gasteiger partial charge is 2.00 e. The summed E-state index contributed by atoms with van der Waals surface area (Å²) in [6.45, 7) is 1.08. The molecule has 35 heteroatoms. The van der Waals surface area contributed by atoms with E-state index in [2.05, 4.69) is 0 Å². The maximum Gasteiger partial charge on any atom is 2.00 e. The van der Waals surface area contributed by atoms with Crippen LogP contribution in [0.1, 0.15) is 6.92 Å². The van der Waals surface area contributed by atoms with Gasteiger partial charge in [0.1, 0.15) is 0 Å². The molecule has 0 aromatic rings. The predicted octanol–water partition coefficient (Wildman–Crippen LogP) is -19.9. The number of rotatable bonds is 0. The van der Waals surface area contributed by atoms with Crippen molar-refractivity contribution in [3.05, 3.63) is 0 Å². The van der Waals surface area contributed by atoms with Crippen LogP contribution in [0.5, 0.6) is 0 Å². The maximum atomic E-state index is 9.00. The Morgan fingerprint density at radius 1 is 0.590 bits per heavy atom. The fourth-order valence-corrected chi connectivity index (χ4v) is 0. The van der Waals surface area contributed by atoms with Gasteiger partial charge in [0, 0.05) is 17.3 Å². The molecule has 0 radical (unpaired) electrons. The molecule has 4 N–H and O–H groups in total. The van der Waals surface area contributed by atoms with Gasteiger partial charge in [-0.3, -0.25) is 13.2 Å². The van der Waals surface area contributed by atoms with Crippen LogP contribution in [0.4, 0.5) is 9.59 Å². The van der Waals surface area contributed by atoms with Crippen LogP contribution in [-0.2, 0) is 67.8 Å². The molecule has 0 heterocycles. The summed E-state index contributed by atoms with van der Waals surface area (Å²) in [5.41, 5.74) is 0. The summed E-state index contributed by atoms with van der Waals surface area (Å²) in [5.74, 6) is -0.833. The average Bonchev–Trinajstić information content (AvgIpc) is 2.12. The van der Waals surface area contributed by atoms with Gasteiger partial charge < -0.3 is 102 Å². The smallest absolute Gasteiger partial charge is 0.790 e. The molecular weight excluding hydrogens is 854 g/mol. The van der Waals surface area contributed by atoms with Gasteiger partial charge in [-0.15, -0.1) is 0 Å². The van der Waals surface area contributed by atoms with Crippen molar-refractivity contribution >= 4 is 165 Å². The fraction of sp³-hybridized carbons (Fsp3) is 0.250. The first kappa shape index (κ1) is 90.5. The summed E-state index contributed by atoms with van der Waals surface area (Å²) in [6, 6.07) is 0. The van der Waals surface area contributed by atoms with Crippen LogP contribution in [-0.4, -0.2) is 169 Å². The summed E-state index contributed by atoms with van der Waals surface area (Å²) in [5, 5.41) is 40.8. The minimum atomic E-state index is -5.17. The molecule has 0 aliphatic carbocycles. The number of aliphatic carboxylic acids is 1. The molecule has 0 bridgehead atoms. The number of phosphoric acid groups is 3. The predicted molar refractivity (Wildman–Crippen MR) is 81.3 cm³/mol. The number of carbonyl (C=O) groups is 3. The van der Waals surface area contributed by atoms with E-state index in [9.17, 15) is 0 Å². The zero-order chi connectivity index (χ0) is 28.7. The molecule has 0 aromatic carbocycles. The third-order valence-electron chi connectivity index (χ3n) is 0. The molecule has 200 valence electrons. The first-order chi connectivity index (χ1) is 13.2. The van der Waals surface area contributed by atoms with E-state index in [0.29, 0.717) is 0 Å². The molecule has 39 heavy (non-hydrogen) atoms. The molecule has 0 saturated heterocycles. The van der Waals surface area contributed by atoms with Gasteiger partial charge in [0.05, 0.1) is 23.5 Å². The summed E-state index contributed by atoms with van der Waals surface area (Å²) >= 11 is 0. The Kier molecular flexibility index (Phi) is 122. The quantitative estimate of drug-likeness (QED) is 0.0760. The SMILES string of the molecule is CC(=O)O.O=C([O-])[O-].O=C([O-])[O-].O=P([O-])([O-])O.O=P([O-])([O-])O.O=P([O-])([O-])O.O=S(=O)([O-])[O-].[Ca+2].[Ca+2].[Ca+2].[Na+].[Na+].[Zn+2].[Zn+2]. The third-order valence-corrected chi connectivity index (χ3v) is 0. The fourth-order valence-electron chi connectivity index (χ4n) is 0. The Hall–Kier alpha value is 5.24. The summed E-state index contributed by atoms with van der Waals surface area (Å²) in [4.78, 5) is 98.5. The van der Waals surface area contributed by atoms with Gasteiger partial charge in [-0.25, -0.2) is 0 Å². The van der Waals surface area contributed by atoms with Crippen molar-refractivity contribution in [3.63, 3.8) is 0 Å². The van der Waals surface area contributed by atoms with Gasteiger partial charge in [0.25, 0.3) is 5.97 Å². The maximum absolute atomic E-state index is 9.00. The summed E-state index contributed by atoms with van der Waals surface area (Å²) in [6.07, 6.45) is -4.67. The Bertz CT molecular complexity index is 633. The molecule has 0 fully saturated rings. The first-order valence-corrected chi connectivity index (χ1v) is 10.9. The molecule has 0 rings (SSSR count). The Morgan fingerprint density at radius 2 is 0.590 bits per heavy atom. The second-order valence-corrected chi connectivity index (χ2v) is 6.46. The third kappa shape index (κ3) is 2680. The number of carboxylic acids is 1. The van der Waals surface area contributed by atoms with E-state index in [1.165, 1.54) is 0 Å². The van der Waals surface area contributed by atoms with Gasteiger partial charge in [0.15, 0.2) is 0 Å². The van der Waals surface area contributed by atoms with Crippen LogP contribution in [0.15, 0.2) is 0 Å². The molecule has 0 unspecified atom stereocenters. The Balaban J connectivity index is -0.0000000152. The molecule has 0 aliphatic heterocycles. The summed E-state index contributed by atoms with van der Waals surface area (Å²) in [7, 11) is -20.6. The summed E-state index contributed by atoms with van der Waals surface area (Å²) < 4.78 is 60.1. The minimum absolute atomic E-state index is 0. The van der Waals surface area contributed by atoms with Crippen molar-refractivity contribution in [1.82, 2.24) is 0 Å². The molecule has 0 aliphatic rings. The van der Waals surface area contributed by atoms with E-state index in [-0.39, 0.29) is 211 Å². The zero-order valence-electron chi connectivity index (χ0n) is 19.7. The van der Waals surface area contributed by atoms with Crippen LogP contribution in [0.25, 0.3) is 0 Å². The molecule has 0 atom stereocenters. The van der Waals surface area contributed by atoms with Crippen molar-refractivity contribution in [2.45, 2.75) is 6.92 Å². The Labute approximate surface area is 378 Å². The van der Waals surface area contributed by atoms with Crippen molar-refractivity contribution in [2.75, 3.05) is 0 Å². The van der Waals surface area contributed by atoms with Crippen molar-refractivity contribution in [1.29, 1.82) is 0 Å². The van der Waals surface area contributed by atoms with Crippen molar-refractivity contribution in [3.8, 4) is 0 Å². The molecular formula is C4H7Ca3Na2O24P3SZn2. The normalized spacial score (nSPS) is 7.90. The van der Waals surface area contributed by atoms with E-state index in [4.69, 9.17) is 115 Å². The Morgan fingerprint density at radius 3 is 0.590 bits per heavy atom. The minimum Gasteiger partial charge on any atom is -0.790 e. The molecule has 0 aromatic heterocycles. The van der Waals surface area contributed by atoms with Crippen LogP contribution in [0, 0.1) is 0 Å². The van der Waals surface area contributed by atoms with Gasteiger partial charge in [-0.2, -0.15) is 0 Å². The van der Waals surface area contributed by atoms with E-state index in [1.54, 1.807) is 0 Å². The van der Waals surface area contributed by atoms with Crippen LogP contribution < -0.4 is 109 Å². The van der Waals surface area contributed by atoms with Gasteiger partial charge >= 0.3 is 211 Å². The zero-order valence-corrected chi connectivity index (χ0v) is 39.8. The number of carbonyl (C=O) groups excluding carboxylic acids is 2. The van der Waals surface area contributed by atoms with Crippen LogP contribution in [0.2, 0.25) is 0 Å². The number of hydrogen-bond donors (Lipinski definition) is 4. The number of hydrogen-bond acceptors (Lipinski definition) is 20.